The van der Waals surface area contributed by atoms with Crippen molar-refractivity contribution < 1.29 is 37.2 Å². The molecule has 2 amide bonds. The largest absolute Gasteiger partial charge is 0.437 e. The van der Waals surface area contributed by atoms with Crippen LogP contribution < -0.4 is 20.5 Å². The molecule has 15 heteroatoms. The lowest BCUT2D eigenvalue weighted by Gasteiger charge is -2.14. The number of carbonyl (C=O) groups is 2. The number of amides is 2. The number of nitrogens with two attached hydrogens (primary N) is 1. The van der Waals surface area contributed by atoms with Crippen molar-refractivity contribution in [2.45, 2.75) is 19.3 Å². The molecule has 0 saturated carbocycles. The molecule has 37 heavy (non-hydrogen) atoms. The third-order valence-electron chi connectivity index (χ3n) is 4.64. The number of ether oxygens (including phenoxy) is 2. The van der Waals surface area contributed by atoms with Crippen LogP contribution in [0.15, 0.2) is 42.6 Å². The number of halogens is 3. The topological polar surface area (TPSA) is 150 Å². The first-order valence-electron chi connectivity index (χ1n) is 10.3. The van der Waals surface area contributed by atoms with Crippen molar-refractivity contribution in [3.05, 3.63) is 63.8 Å². The van der Waals surface area contributed by atoms with Crippen LogP contribution in [0, 0.1) is 10.1 Å². The number of carbonyl (C=O) groups excluding carboxylic acids is 2. The zero-order valence-electron chi connectivity index (χ0n) is 19.3. The van der Waals surface area contributed by atoms with Crippen molar-refractivity contribution in [2.75, 3.05) is 19.4 Å². The van der Waals surface area contributed by atoms with E-state index < -0.39 is 35.6 Å². The van der Waals surface area contributed by atoms with Crippen molar-refractivity contribution in [3.8, 4) is 21.4 Å². The fraction of sp³-hybridized carbons (Fsp3) is 0.227. The minimum absolute atomic E-state index is 0.0206. The maximum absolute atomic E-state index is 13.3. The van der Waals surface area contributed by atoms with Gasteiger partial charge in [-0.25, -0.2) is 18.6 Å². The van der Waals surface area contributed by atoms with Crippen LogP contribution in [0.4, 0.5) is 29.3 Å². The summed E-state index contributed by atoms with van der Waals surface area (Å²) in [5.41, 5.74) is 6.13. The van der Waals surface area contributed by atoms with Crippen LogP contribution in [-0.2, 0) is 6.54 Å². The number of alkyl halides is 3. The van der Waals surface area contributed by atoms with Gasteiger partial charge in [0.1, 0.15) is 0 Å². The highest BCUT2D eigenvalue weighted by molar-refractivity contribution is 7.18. The van der Waals surface area contributed by atoms with Crippen molar-refractivity contribution >= 4 is 34.7 Å². The van der Waals surface area contributed by atoms with Crippen LogP contribution >= 0.6 is 11.3 Å². The van der Waals surface area contributed by atoms with Crippen molar-refractivity contribution in [3.63, 3.8) is 0 Å². The molecule has 3 aromatic rings. The van der Waals surface area contributed by atoms with E-state index in [1.807, 2.05) is 0 Å². The number of thiophene rings is 1. The van der Waals surface area contributed by atoms with E-state index in [1.54, 1.807) is 19.0 Å². The highest BCUT2D eigenvalue weighted by Gasteiger charge is 2.28. The Morgan fingerprint density at radius 2 is 1.86 bits per heavy atom. The van der Waals surface area contributed by atoms with Crippen molar-refractivity contribution in [2.24, 2.45) is 5.73 Å². The lowest BCUT2D eigenvalue weighted by molar-refractivity contribution is -0.384. The number of non-ortho nitro benzene ring substituents is 1. The van der Waals surface area contributed by atoms with Crippen LogP contribution in [0.25, 0.3) is 10.4 Å². The highest BCUT2D eigenvalue weighted by Crippen LogP contribution is 2.43. The summed E-state index contributed by atoms with van der Waals surface area (Å²) < 4.78 is 47.2. The molecule has 0 aliphatic rings. The average Bonchev–Trinajstić information content (AvgIpc) is 3.16. The first-order valence-corrected chi connectivity index (χ1v) is 11.2. The summed E-state index contributed by atoms with van der Waals surface area (Å²) in [5.74, 6) is -1.14. The number of primary amides is 1. The lowest BCUT2D eigenvalue weighted by Crippen LogP contribution is -2.21. The Kier molecular flexibility index (Phi) is 8.62. The number of hydrogen-bond donors (Lipinski definition) is 2. The van der Waals surface area contributed by atoms with Gasteiger partial charge in [-0.05, 0) is 37.9 Å². The molecule has 3 N–H and O–H groups in total. The fourth-order valence-corrected chi connectivity index (χ4v) is 4.33. The molecule has 0 fully saturated rings. The standard InChI is InChI=1S/C22H20F3N5O6S/c1-29(2)10-14-16(20(31)28-12-5-8-15(27-9-12)35-19(25)18(23)24)21(36-22(26)32)37-17(14)11-3-6-13(7-4-11)30(33)34/h3-9,18-19H,10H2,1-2H3,(H2,26,32)(H,28,31). The zero-order valence-corrected chi connectivity index (χ0v) is 20.1. The first-order chi connectivity index (χ1) is 17.5. The number of anilines is 1. The SMILES string of the molecule is CN(C)Cc1c(-c2ccc([N+](=O)[O-])cc2)sc(OC(N)=O)c1C(=O)Nc1ccc(OC(F)C(F)F)nc1. The van der Waals surface area contributed by atoms with E-state index in [2.05, 4.69) is 15.0 Å². The fourth-order valence-electron chi connectivity index (χ4n) is 3.15. The summed E-state index contributed by atoms with van der Waals surface area (Å²) in [6, 6.07) is 7.94. The summed E-state index contributed by atoms with van der Waals surface area (Å²) in [6.45, 7) is 0.213. The molecule has 11 nitrogen and oxygen atoms in total. The Hall–Kier alpha value is -4.24. The molecule has 0 bridgehead atoms. The van der Waals surface area contributed by atoms with Gasteiger partial charge in [0, 0.05) is 35.2 Å². The summed E-state index contributed by atoms with van der Waals surface area (Å²) >= 11 is 0.946. The van der Waals surface area contributed by atoms with Gasteiger partial charge in [-0.2, -0.15) is 4.39 Å². The Labute approximate surface area is 211 Å². The van der Waals surface area contributed by atoms with Gasteiger partial charge in [0.2, 0.25) is 5.88 Å². The van der Waals surface area contributed by atoms with Crippen LogP contribution in [-0.4, -0.2) is 53.7 Å². The minimum atomic E-state index is -3.36. The molecule has 1 unspecified atom stereocenters. The molecule has 1 atom stereocenters. The second kappa shape index (κ2) is 11.7. The van der Waals surface area contributed by atoms with Crippen molar-refractivity contribution in [1.29, 1.82) is 0 Å². The monoisotopic (exact) mass is 539 g/mol. The summed E-state index contributed by atoms with van der Waals surface area (Å²) in [4.78, 5) is 41.3. The van der Waals surface area contributed by atoms with Crippen LogP contribution in [0.2, 0.25) is 0 Å². The molecule has 196 valence electrons. The predicted octanol–water partition coefficient (Wildman–Crippen LogP) is 4.43. The van der Waals surface area contributed by atoms with E-state index in [1.165, 1.54) is 30.3 Å². The summed E-state index contributed by atoms with van der Waals surface area (Å²) in [7, 11) is 3.49. The molecule has 2 aromatic heterocycles. The molecule has 0 aliphatic heterocycles. The van der Waals surface area contributed by atoms with Crippen LogP contribution in [0.5, 0.6) is 10.9 Å². The van der Waals surface area contributed by atoms with Gasteiger partial charge in [0.05, 0.1) is 22.4 Å². The maximum Gasteiger partial charge on any atom is 0.410 e. The van der Waals surface area contributed by atoms with Crippen LogP contribution in [0.3, 0.4) is 0 Å². The Bertz CT molecular complexity index is 1290. The van der Waals surface area contributed by atoms with Gasteiger partial charge >= 0.3 is 12.5 Å². The third kappa shape index (κ3) is 6.92. The number of benzene rings is 1. The van der Waals surface area contributed by atoms with E-state index in [0.29, 0.717) is 16.0 Å². The quantitative estimate of drug-likeness (QED) is 0.284. The Morgan fingerprint density at radius 1 is 1.19 bits per heavy atom. The second-order valence-corrected chi connectivity index (χ2v) is 8.66. The average molecular weight is 539 g/mol. The Morgan fingerprint density at radius 3 is 2.38 bits per heavy atom. The smallest absolute Gasteiger partial charge is 0.410 e. The van der Waals surface area contributed by atoms with Gasteiger partial charge < -0.3 is 25.4 Å². The van der Waals surface area contributed by atoms with E-state index in [-0.39, 0.29) is 28.5 Å². The summed E-state index contributed by atoms with van der Waals surface area (Å²) in [6.07, 6.45) is -6.32. The van der Waals surface area contributed by atoms with E-state index in [4.69, 9.17) is 10.5 Å². The van der Waals surface area contributed by atoms with Crippen LogP contribution in [0.1, 0.15) is 15.9 Å². The predicted molar refractivity (Wildman–Crippen MR) is 128 cm³/mol. The van der Waals surface area contributed by atoms with E-state index in [9.17, 15) is 32.9 Å². The normalized spacial score (nSPS) is 11.9. The molecule has 2 heterocycles. The molecular weight excluding hydrogens is 519 g/mol. The number of aromatic nitrogens is 1. The van der Waals surface area contributed by atoms with Gasteiger partial charge in [-0.15, -0.1) is 0 Å². The van der Waals surface area contributed by atoms with Crippen molar-refractivity contribution in [1.82, 2.24) is 9.88 Å². The molecule has 0 radical (unpaired) electrons. The van der Waals surface area contributed by atoms with E-state index >= 15 is 0 Å². The summed E-state index contributed by atoms with van der Waals surface area (Å²) in [5, 5.41) is 13.5. The Balaban J connectivity index is 1.99. The van der Waals surface area contributed by atoms with Gasteiger partial charge in [-0.1, -0.05) is 11.3 Å². The highest BCUT2D eigenvalue weighted by atomic mass is 32.1. The molecule has 1 aromatic carbocycles. The number of hydrogen-bond acceptors (Lipinski definition) is 9. The molecular formula is C22H20F3N5O6S. The van der Waals surface area contributed by atoms with Gasteiger partial charge in [0.15, 0.2) is 5.06 Å². The number of nitro groups is 1. The number of nitro benzene ring substituents is 1. The maximum atomic E-state index is 13.3. The zero-order chi connectivity index (χ0) is 27.3. The molecule has 0 aliphatic carbocycles. The molecule has 0 saturated heterocycles. The number of nitrogens with one attached hydrogen (secondary N) is 1. The van der Waals surface area contributed by atoms with Gasteiger partial charge in [0.25, 0.3) is 18.0 Å². The third-order valence-corrected chi connectivity index (χ3v) is 5.79. The molecule has 3 rings (SSSR count). The molecule has 0 spiro atoms. The lowest BCUT2D eigenvalue weighted by atomic mass is 10.0. The number of rotatable bonds is 10. The van der Waals surface area contributed by atoms with Gasteiger partial charge in [-0.3, -0.25) is 14.9 Å². The second-order valence-electron chi connectivity index (χ2n) is 7.68. The number of pyridine rings is 1. The first kappa shape index (κ1) is 27.3. The number of nitrogens with zero attached hydrogens (tertiary/aromatic N) is 3. The van der Waals surface area contributed by atoms with E-state index in [0.717, 1.165) is 23.6 Å². The minimum Gasteiger partial charge on any atom is -0.437 e.